The first kappa shape index (κ1) is 19.0. The van der Waals surface area contributed by atoms with E-state index in [1.807, 2.05) is 13.8 Å². The molecule has 0 bridgehead atoms. The van der Waals surface area contributed by atoms with Crippen molar-refractivity contribution < 1.29 is 14.3 Å². The molecule has 0 aromatic rings. The number of carbonyl (C=O) groups excluding carboxylic acids is 2. The van der Waals surface area contributed by atoms with Gasteiger partial charge in [-0.05, 0) is 24.7 Å². The Morgan fingerprint density at radius 3 is 2.45 bits per heavy atom. The minimum Gasteiger partial charge on any atom is -0.464 e. The van der Waals surface area contributed by atoms with Gasteiger partial charge in [-0.1, -0.05) is 59.3 Å². The molecule has 4 heteroatoms. The van der Waals surface area contributed by atoms with Gasteiger partial charge in [0.25, 0.3) is 0 Å². The molecule has 0 saturated heterocycles. The van der Waals surface area contributed by atoms with Crippen LogP contribution in [0, 0.1) is 11.8 Å². The Labute approximate surface area is 135 Å². The lowest BCUT2D eigenvalue weighted by Crippen LogP contribution is -2.45. The zero-order chi connectivity index (χ0) is 16.4. The average molecular weight is 311 g/mol. The number of unbranched alkanes of at least 4 members (excludes halogenated alkanes) is 2. The summed E-state index contributed by atoms with van der Waals surface area (Å²) in [5.41, 5.74) is 0. The van der Waals surface area contributed by atoms with Crippen molar-refractivity contribution in [2.75, 3.05) is 6.61 Å². The van der Waals surface area contributed by atoms with Gasteiger partial charge in [0.15, 0.2) is 0 Å². The molecule has 1 fully saturated rings. The number of hydrogen-bond donors (Lipinski definition) is 1. The lowest BCUT2D eigenvalue weighted by Gasteiger charge is -2.21. The van der Waals surface area contributed by atoms with E-state index in [1.54, 1.807) is 0 Å². The quantitative estimate of drug-likeness (QED) is 0.493. The van der Waals surface area contributed by atoms with E-state index in [1.165, 1.54) is 25.7 Å². The summed E-state index contributed by atoms with van der Waals surface area (Å²) in [5, 5.41) is 2.87. The summed E-state index contributed by atoms with van der Waals surface area (Å²) in [7, 11) is 0. The van der Waals surface area contributed by atoms with Crippen molar-refractivity contribution in [1.29, 1.82) is 0 Å². The highest BCUT2D eigenvalue weighted by molar-refractivity contribution is 5.84. The summed E-state index contributed by atoms with van der Waals surface area (Å²) in [6.07, 6.45) is 9.62. The molecular formula is C18H33NO3. The van der Waals surface area contributed by atoms with Crippen molar-refractivity contribution in [1.82, 2.24) is 5.32 Å². The topological polar surface area (TPSA) is 55.4 Å². The van der Waals surface area contributed by atoms with E-state index >= 15 is 0 Å². The van der Waals surface area contributed by atoms with Gasteiger partial charge in [-0.25, -0.2) is 4.79 Å². The van der Waals surface area contributed by atoms with E-state index < -0.39 is 6.04 Å². The van der Waals surface area contributed by atoms with Crippen molar-refractivity contribution in [3.8, 4) is 0 Å². The van der Waals surface area contributed by atoms with E-state index in [0.29, 0.717) is 18.9 Å². The monoisotopic (exact) mass is 311 g/mol. The molecule has 0 spiro atoms. The molecule has 22 heavy (non-hydrogen) atoms. The largest absolute Gasteiger partial charge is 0.464 e. The van der Waals surface area contributed by atoms with Gasteiger partial charge in [-0.15, -0.1) is 0 Å². The molecule has 1 aliphatic rings. The molecule has 4 nitrogen and oxygen atoms in total. The zero-order valence-electron chi connectivity index (χ0n) is 14.5. The predicted molar refractivity (Wildman–Crippen MR) is 88.4 cm³/mol. The second-order valence-corrected chi connectivity index (χ2v) is 6.85. The molecule has 0 aromatic carbocycles. The van der Waals surface area contributed by atoms with Gasteiger partial charge in [0.1, 0.15) is 6.04 Å². The maximum atomic E-state index is 12.1. The Balaban J connectivity index is 2.31. The normalized spacial score (nSPS) is 16.7. The first-order valence-corrected chi connectivity index (χ1v) is 9.00. The molecule has 1 atom stereocenters. The Kier molecular flexibility index (Phi) is 9.17. The van der Waals surface area contributed by atoms with Crippen LogP contribution in [0.25, 0.3) is 0 Å². The van der Waals surface area contributed by atoms with Crippen LogP contribution in [0.1, 0.15) is 78.6 Å². The van der Waals surface area contributed by atoms with Gasteiger partial charge in [0.2, 0.25) is 5.91 Å². The predicted octanol–water partition coefficient (Wildman–Crippen LogP) is 3.83. The van der Waals surface area contributed by atoms with Crippen molar-refractivity contribution in [2.45, 2.75) is 84.6 Å². The van der Waals surface area contributed by atoms with E-state index in [-0.39, 0.29) is 17.8 Å². The van der Waals surface area contributed by atoms with Crippen molar-refractivity contribution >= 4 is 11.9 Å². The fraction of sp³-hybridized carbons (Fsp3) is 0.889. The van der Waals surface area contributed by atoms with E-state index in [0.717, 1.165) is 25.7 Å². The van der Waals surface area contributed by atoms with Crippen LogP contribution in [-0.4, -0.2) is 24.5 Å². The average Bonchev–Trinajstić information content (AvgIpc) is 3.00. The number of nitrogens with one attached hydrogen (secondary N) is 1. The van der Waals surface area contributed by atoms with Crippen LogP contribution in [0.15, 0.2) is 0 Å². The van der Waals surface area contributed by atoms with Crippen LogP contribution >= 0.6 is 0 Å². The Bertz CT molecular complexity index is 335. The molecule has 0 aliphatic heterocycles. The molecule has 1 amide bonds. The molecular weight excluding hydrogens is 278 g/mol. The number of rotatable bonds is 10. The summed E-state index contributed by atoms with van der Waals surface area (Å²) in [6, 6.07) is -0.516. The zero-order valence-corrected chi connectivity index (χ0v) is 14.5. The summed E-state index contributed by atoms with van der Waals surface area (Å²) < 4.78 is 5.29. The smallest absolute Gasteiger partial charge is 0.328 e. The molecule has 0 heterocycles. The SMILES string of the molecule is CCCCCOC(=O)C(NC(=O)CCC1CCCC1)C(C)C. The maximum Gasteiger partial charge on any atom is 0.328 e. The van der Waals surface area contributed by atoms with Gasteiger partial charge < -0.3 is 10.1 Å². The highest BCUT2D eigenvalue weighted by atomic mass is 16.5. The number of hydrogen-bond acceptors (Lipinski definition) is 3. The Hall–Kier alpha value is -1.06. The van der Waals surface area contributed by atoms with Crippen LogP contribution < -0.4 is 5.32 Å². The third-order valence-electron chi connectivity index (χ3n) is 4.48. The minimum atomic E-state index is -0.516. The summed E-state index contributed by atoms with van der Waals surface area (Å²) in [4.78, 5) is 24.2. The lowest BCUT2D eigenvalue weighted by atomic mass is 10.0. The first-order chi connectivity index (χ1) is 10.5. The van der Waals surface area contributed by atoms with E-state index in [9.17, 15) is 9.59 Å². The summed E-state index contributed by atoms with van der Waals surface area (Å²) in [6.45, 7) is 6.45. The number of carbonyl (C=O) groups is 2. The van der Waals surface area contributed by atoms with Gasteiger partial charge in [0, 0.05) is 6.42 Å². The molecule has 1 aliphatic carbocycles. The third kappa shape index (κ3) is 7.28. The fourth-order valence-corrected chi connectivity index (χ4v) is 2.99. The minimum absolute atomic E-state index is 0.0175. The second kappa shape index (κ2) is 10.6. The third-order valence-corrected chi connectivity index (χ3v) is 4.48. The summed E-state index contributed by atoms with van der Waals surface area (Å²) >= 11 is 0. The highest BCUT2D eigenvalue weighted by Crippen LogP contribution is 2.28. The second-order valence-electron chi connectivity index (χ2n) is 6.85. The van der Waals surface area contributed by atoms with Gasteiger partial charge in [-0.3, -0.25) is 4.79 Å². The van der Waals surface area contributed by atoms with Crippen molar-refractivity contribution in [3.63, 3.8) is 0 Å². The standard InChI is InChI=1S/C18H33NO3/c1-4-5-8-13-22-18(21)17(14(2)3)19-16(20)12-11-15-9-6-7-10-15/h14-15,17H,4-13H2,1-3H3,(H,19,20). The Morgan fingerprint density at radius 2 is 1.86 bits per heavy atom. The molecule has 1 unspecified atom stereocenters. The van der Waals surface area contributed by atoms with Crippen molar-refractivity contribution in [3.05, 3.63) is 0 Å². The summed E-state index contributed by atoms with van der Waals surface area (Å²) in [5.74, 6) is 0.440. The van der Waals surface area contributed by atoms with Crippen LogP contribution in [0.3, 0.4) is 0 Å². The highest BCUT2D eigenvalue weighted by Gasteiger charge is 2.26. The molecule has 1 saturated carbocycles. The van der Waals surface area contributed by atoms with Crippen molar-refractivity contribution in [2.24, 2.45) is 11.8 Å². The van der Waals surface area contributed by atoms with Crippen LogP contribution in [0.5, 0.6) is 0 Å². The molecule has 1 N–H and O–H groups in total. The van der Waals surface area contributed by atoms with Crippen LogP contribution in [0.2, 0.25) is 0 Å². The Morgan fingerprint density at radius 1 is 1.18 bits per heavy atom. The van der Waals surface area contributed by atoms with Gasteiger partial charge in [0.05, 0.1) is 6.61 Å². The number of ether oxygens (including phenoxy) is 1. The molecule has 0 radical (unpaired) electrons. The molecule has 0 aromatic heterocycles. The lowest BCUT2D eigenvalue weighted by molar-refractivity contribution is -0.149. The fourth-order valence-electron chi connectivity index (χ4n) is 2.99. The molecule has 128 valence electrons. The number of esters is 1. The first-order valence-electron chi connectivity index (χ1n) is 9.00. The molecule has 1 rings (SSSR count). The van der Waals surface area contributed by atoms with E-state index in [4.69, 9.17) is 4.74 Å². The van der Waals surface area contributed by atoms with Gasteiger partial charge in [-0.2, -0.15) is 0 Å². The van der Waals surface area contributed by atoms with Crippen LogP contribution in [-0.2, 0) is 14.3 Å². The maximum absolute atomic E-state index is 12.1. The van der Waals surface area contributed by atoms with Gasteiger partial charge >= 0.3 is 5.97 Å². The van der Waals surface area contributed by atoms with E-state index in [2.05, 4.69) is 12.2 Å². The van der Waals surface area contributed by atoms with Crippen LogP contribution in [0.4, 0.5) is 0 Å². The number of amides is 1.